The maximum absolute atomic E-state index is 12.9. The summed E-state index contributed by atoms with van der Waals surface area (Å²) in [5.74, 6) is 1.70. The van der Waals surface area contributed by atoms with Gasteiger partial charge in [-0.2, -0.15) is 0 Å². The lowest BCUT2D eigenvalue weighted by atomic mass is 10.1. The number of nitrogens with one attached hydrogen (secondary N) is 1. The van der Waals surface area contributed by atoms with Gasteiger partial charge in [-0.3, -0.25) is 0 Å². The van der Waals surface area contributed by atoms with Crippen molar-refractivity contribution < 1.29 is 4.39 Å². The van der Waals surface area contributed by atoms with E-state index >= 15 is 0 Å². The minimum absolute atomic E-state index is 0.166. The number of rotatable bonds is 5. The molecule has 1 heterocycles. The standard InChI is InChI=1S/C15H19FN4/c1-3-14-19-13(17)9-15(20-14)18-10(2)8-11-4-6-12(16)7-5-11/h4-7,9-10H,3,8H2,1-2H3,(H3,17,18,19,20). The van der Waals surface area contributed by atoms with Crippen molar-refractivity contribution in [1.29, 1.82) is 0 Å². The molecule has 106 valence electrons. The molecular weight excluding hydrogens is 255 g/mol. The number of aromatic nitrogens is 2. The molecule has 0 radical (unpaired) electrons. The van der Waals surface area contributed by atoms with Crippen LogP contribution < -0.4 is 11.1 Å². The second-order valence-electron chi connectivity index (χ2n) is 4.82. The topological polar surface area (TPSA) is 63.8 Å². The van der Waals surface area contributed by atoms with Gasteiger partial charge in [0.05, 0.1) is 0 Å². The third kappa shape index (κ3) is 3.91. The molecule has 20 heavy (non-hydrogen) atoms. The molecule has 2 rings (SSSR count). The summed E-state index contributed by atoms with van der Waals surface area (Å²) >= 11 is 0. The molecule has 0 aliphatic rings. The van der Waals surface area contributed by atoms with Gasteiger partial charge in [0.1, 0.15) is 23.3 Å². The van der Waals surface area contributed by atoms with Gasteiger partial charge in [0.2, 0.25) is 0 Å². The lowest BCUT2D eigenvalue weighted by Gasteiger charge is -2.15. The molecule has 4 nitrogen and oxygen atoms in total. The van der Waals surface area contributed by atoms with Gasteiger partial charge in [-0.05, 0) is 31.0 Å². The van der Waals surface area contributed by atoms with Crippen molar-refractivity contribution in [3.8, 4) is 0 Å². The van der Waals surface area contributed by atoms with Crippen molar-refractivity contribution in [3.05, 3.63) is 47.5 Å². The summed E-state index contributed by atoms with van der Waals surface area (Å²) in [5.41, 5.74) is 6.82. The molecule has 1 unspecified atom stereocenters. The maximum atomic E-state index is 12.9. The van der Waals surface area contributed by atoms with Gasteiger partial charge >= 0.3 is 0 Å². The minimum Gasteiger partial charge on any atom is -0.384 e. The summed E-state index contributed by atoms with van der Waals surface area (Å²) in [6, 6.07) is 8.41. The number of hydrogen-bond donors (Lipinski definition) is 2. The van der Waals surface area contributed by atoms with E-state index in [1.807, 2.05) is 13.8 Å². The maximum Gasteiger partial charge on any atom is 0.132 e. The molecule has 3 N–H and O–H groups in total. The van der Waals surface area contributed by atoms with E-state index in [0.29, 0.717) is 5.82 Å². The summed E-state index contributed by atoms with van der Waals surface area (Å²) in [6.07, 6.45) is 1.53. The van der Waals surface area contributed by atoms with Gasteiger partial charge in [-0.25, -0.2) is 14.4 Å². The van der Waals surface area contributed by atoms with E-state index in [1.165, 1.54) is 12.1 Å². The Morgan fingerprint density at radius 2 is 1.95 bits per heavy atom. The number of aryl methyl sites for hydroxylation is 1. The Balaban J connectivity index is 2.02. The molecule has 0 fully saturated rings. The first-order valence-corrected chi connectivity index (χ1v) is 6.71. The van der Waals surface area contributed by atoms with Crippen molar-refractivity contribution in [1.82, 2.24) is 9.97 Å². The average Bonchev–Trinajstić information content (AvgIpc) is 2.40. The van der Waals surface area contributed by atoms with Gasteiger partial charge < -0.3 is 11.1 Å². The highest BCUT2D eigenvalue weighted by molar-refractivity contribution is 5.45. The van der Waals surface area contributed by atoms with Gasteiger partial charge in [-0.15, -0.1) is 0 Å². The molecule has 0 spiro atoms. The lowest BCUT2D eigenvalue weighted by molar-refractivity contribution is 0.626. The fourth-order valence-corrected chi connectivity index (χ4v) is 2.03. The summed E-state index contributed by atoms with van der Waals surface area (Å²) < 4.78 is 12.9. The summed E-state index contributed by atoms with van der Waals surface area (Å²) in [6.45, 7) is 4.04. The molecule has 0 saturated carbocycles. The zero-order valence-electron chi connectivity index (χ0n) is 11.7. The SMILES string of the molecule is CCc1nc(N)cc(NC(C)Cc2ccc(F)cc2)n1. The molecule has 0 saturated heterocycles. The summed E-state index contributed by atoms with van der Waals surface area (Å²) in [7, 11) is 0. The van der Waals surface area contributed by atoms with Gasteiger partial charge in [0.25, 0.3) is 0 Å². The zero-order valence-corrected chi connectivity index (χ0v) is 11.7. The molecule has 1 atom stereocenters. The van der Waals surface area contributed by atoms with E-state index in [-0.39, 0.29) is 11.9 Å². The van der Waals surface area contributed by atoms with Crippen LogP contribution in [0.15, 0.2) is 30.3 Å². The van der Waals surface area contributed by atoms with E-state index in [4.69, 9.17) is 5.73 Å². The Morgan fingerprint density at radius 1 is 1.25 bits per heavy atom. The predicted octanol–water partition coefficient (Wildman–Crippen LogP) is 2.80. The monoisotopic (exact) mass is 274 g/mol. The van der Waals surface area contributed by atoms with Crippen LogP contribution in [0.5, 0.6) is 0 Å². The highest BCUT2D eigenvalue weighted by atomic mass is 19.1. The molecule has 0 aliphatic carbocycles. The molecule has 2 aromatic rings. The largest absolute Gasteiger partial charge is 0.384 e. The Hall–Kier alpha value is -2.17. The molecule has 1 aromatic carbocycles. The summed E-state index contributed by atoms with van der Waals surface area (Å²) in [5, 5.41) is 3.30. The summed E-state index contributed by atoms with van der Waals surface area (Å²) in [4.78, 5) is 8.52. The quantitative estimate of drug-likeness (QED) is 0.880. The smallest absolute Gasteiger partial charge is 0.132 e. The predicted molar refractivity (Wildman–Crippen MR) is 79.0 cm³/mol. The van der Waals surface area contributed by atoms with Crippen LogP contribution in [0.4, 0.5) is 16.0 Å². The van der Waals surface area contributed by atoms with E-state index in [1.54, 1.807) is 18.2 Å². The fraction of sp³-hybridized carbons (Fsp3) is 0.333. The first kappa shape index (κ1) is 14.2. The average molecular weight is 274 g/mol. The van der Waals surface area contributed by atoms with Crippen LogP contribution in [0.1, 0.15) is 25.2 Å². The number of nitrogens with two attached hydrogens (primary N) is 1. The second kappa shape index (κ2) is 6.32. The molecule has 0 aliphatic heterocycles. The molecular formula is C15H19FN4. The first-order valence-electron chi connectivity index (χ1n) is 6.71. The number of nitrogen functional groups attached to an aromatic ring is 1. The zero-order chi connectivity index (χ0) is 14.5. The van der Waals surface area contributed by atoms with Crippen LogP contribution >= 0.6 is 0 Å². The third-order valence-corrected chi connectivity index (χ3v) is 2.96. The van der Waals surface area contributed by atoms with Gasteiger partial charge in [0, 0.05) is 18.5 Å². The van der Waals surface area contributed by atoms with E-state index < -0.39 is 0 Å². The Morgan fingerprint density at radius 3 is 2.60 bits per heavy atom. The number of hydrogen-bond acceptors (Lipinski definition) is 4. The fourth-order valence-electron chi connectivity index (χ4n) is 2.03. The van der Waals surface area contributed by atoms with Crippen LogP contribution in [0.2, 0.25) is 0 Å². The highest BCUT2D eigenvalue weighted by Crippen LogP contribution is 2.12. The third-order valence-electron chi connectivity index (χ3n) is 2.96. The Kier molecular flexibility index (Phi) is 4.50. The first-order chi connectivity index (χ1) is 9.56. The number of anilines is 2. The molecule has 0 amide bonds. The molecule has 5 heteroatoms. The second-order valence-corrected chi connectivity index (χ2v) is 4.82. The van der Waals surface area contributed by atoms with E-state index in [9.17, 15) is 4.39 Å². The van der Waals surface area contributed by atoms with Crippen molar-refractivity contribution in [2.24, 2.45) is 0 Å². The van der Waals surface area contributed by atoms with Crippen LogP contribution in [0.25, 0.3) is 0 Å². The van der Waals surface area contributed by atoms with Gasteiger partial charge in [0.15, 0.2) is 0 Å². The number of benzene rings is 1. The van der Waals surface area contributed by atoms with Crippen LogP contribution in [-0.2, 0) is 12.8 Å². The Bertz CT molecular complexity index is 569. The highest BCUT2D eigenvalue weighted by Gasteiger charge is 2.07. The van der Waals surface area contributed by atoms with Crippen molar-refractivity contribution in [2.75, 3.05) is 11.1 Å². The number of halogens is 1. The van der Waals surface area contributed by atoms with Crippen molar-refractivity contribution in [3.63, 3.8) is 0 Å². The van der Waals surface area contributed by atoms with Gasteiger partial charge in [-0.1, -0.05) is 19.1 Å². The van der Waals surface area contributed by atoms with Crippen LogP contribution in [0.3, 0.4) is 0 Å². The Labute approximate surface area is 118 Å². The van der Waals surface area contributed by atoms with Crippen molar-refractivity contribution >= 4 is 11.6 Å². The van der Waals surface area contributed by atoms with E-state index in [0.717, 1.165) is 30.0 Å². The van der Waals surface area contributed by atoms with Crippen LogP contribution in [-0.4, -0.2) is 16.0 Å². The van der Waals surface area contributed by atoms with Crippen LogP contribution in [0, 0.1) is 5.82 Å². The minimum atomic E-state index is -0.217. The normalized spacial score (nSPS) is 12.2. The number of nitrogens with zero attached hydrogens (tertiary/aromatic N) is 2. The van der Waals surface area contributed by atoms with Crippen molar-refractivity contribution in [2.45, 2.75) is 32.7 Å². The molecule has 0 bridgehead atoms. The molecule has 1 aromatic heterocycles. The lowest BCUT2D eigenvalue weighted by Crippen LogP contribution is -2.19. The van der Waals surface area contributed by atoms with E-state index in [2.05, 4.69) is 15.3 Å².